The van der Waals surface area contributed by atoms with Crippen LogP contribution in [0.25, 0.3) is 21.5 Å². The number of hydrogen-bond donors (Lipinski definition) is 6. The topological polar surface area (TPSA) is 368 Å². The number of benzene rings is 5. The maximum absolute atomic E-state index is 14.6. The lowest BCUT2D eigenvalue weighted by atomic mass is 9.74. The Morgan fingerprint density at radius 3 is 1.67 bits per heavy atom. The van der Waals surface area contributed by atoms with Gasteiger partial charge in [0.25, 0.3) is 50.6 Å². The first-order valence-corrected chi connectivity index (χ1v) is 33.1. The van der Waals surface area contributed by atoms with E-state index in [-0.39, 0.29) is 78.9 Å². The number of halogens is 4. The van der Waals surface area contributed by atoms with E-state index in [2.05, 4.69) is 4.74 Å². The quantitative estimate of drug-likeness (QED) is 0.00574. The van der Waals surface area contributed by atoms with E-state index in [9.17, 15) is 95.6 Å². The first-order valence-electron chi connectivity index (χ1n) is 24.2. The van der Waals surface area contributed by atoms with Crippen LogP contribution in [0.1, 0.15) is 70.4 Å². The van der Waals surface area contributed by atoms with Crippen molar-refractivity contribution in [2.75, 3.05) is 37.5 Å². The van der Waals surface area contributed by atoms with Gasteiger partial charge in [0, 0.05) is 65.4 Å². The molecule has 2 heterocycles. The number of carbonyl (C=O) groups excluding carboxylic acids is 1. The van der Waals surface area contributed by atoms with E-state index in [4.69, 9.17) is 9.29 Å². The summed E-state index contributed by atoms with van der Waals surface area (Å²) in [5.41, 5.74) is -0.532. The van der Waals surface area contributed by atoms with Gasteiger partial charge in [0.2, 0.25) is 23.1 Å². The molecule has 83 heavy (non-hydrogen) atoms. The van der Waals surface area contributed by atoms with Gasteiger partial charge in [-0.2, -0.15) is 63.9 Å². The molecule has 5 aromatic carbocycles. The van der Waals surface area contributed by atoms with E-state index in [0.29, 0.717) is 40.5 Å². The summed E-state index contributed by atoms with van der Waals surface area (Å²) < 4.78 is 277. The minimum absolute atomic E-state index is 0.0335. The number of esters is 1. The smallest absolute Gasteiger partial charge is 0.311 e. The third kappa shape index (κ3) is 13.1. The second kappa shape index (κ2) is 23.1. The molecule has 0 fully saturated rings. The molecule has 0 saturated heterocycles. The Hall–Kier alpha value is -6.08. The molecule has 6 N–H and O–H groups in total. The monoisotopic (exact) mass is 1280 g/mol. The number of unbranched alkanes of at least 4 members (excludes halogenated alkanes) is 2. The number of hydrogen-bond acceptors (Lipinski definition) is 16. The summed E-state index contributed by atoms with van der Waals surface area (Å²) in [5, 5.41) is -0.415. The average molecular weight is 1280 g/mol. The molecule has 0 bridgehead atoms. The molecule has 2 aliphatic rings. The van der Waals surface area contributed by atoms with Crippen LogP contribution in [0.4, 0.5) is 28.9 Å². The molecular formula is C50H51F4N2O21S6+. The van der Waals surface area contributed by atoms with Crippen LogP contribution in [0.2, 0.25) is 0 Å². The summed E-state index contributed by atoms with van der Waals surface area (Å²) in [6.45, 7) is 5.18. The molecule has 23 nitrogen and oxygen atoms in total. The van der Waals surface area contributed by atoms with Crippen LogP contribution in [0, 0.1) is 23.3 Å². The van der Waals surface area contributed by atoms with E-state index in [0.717, 1.165) is 12.1 Å². The predicted octanol–water partition coefficient (Wildman–Crippen LogP) is 7.41. The highest BCUT2D eigenvalue weighted by Crippen LogP contribution is 2.53. The number of nitrogens with zero attached hydrogens (tertiary/aromatic N) is 2. The lowest BCUT2D eigenvalue weighted by molar-refractivity contribution is -0.441. The fourth-order valence-corrected chi connectivity index (χ4v) is 14.4. The van der Waals surface area contributed by atoms with E-state index in [1.165, 1.54) is 37.5 Å². The van der Waals surface area contributed by atoms with Crippen LogP contribution >= 0.6 is 0 Å². The normalized spacial score (nSPS) is 17.5. The van der Waals surface area contributed by atoms with Crippen LogP contribution in [0.15, 0.2) is 109 Å². The lowest BCUT2D eigenvalue weighted by Crippen LogP contribution is -2.32. The number of rotatable bonds is 22. The minimum atomic E-state index is -5.81. The molecule has 0 aromatic heterocycles. The van der Waals surface area contributed by atoms with Crippen LogP contribution in [-0.2, 0) is 81.1 Å². The Morgan fingerprint density at radius 2 is 1.17 bits per heavy atom. The second-order valence-corrected chi connectivity index (χ2v) is 28.4. The highest BCUT2D eigenvalue weighted by atomic mass is 32.2. The summed E-state index contributed by atoms with van der Waals surface area (Å²) in [5.74, 6) is -14.0. The molecule has 0 amide bonds. The van der Waals surface area contributed by atoms with Crippen LogP contribution in [0.3, 0.4) is 0 Å². The number of ether oxygens (including phenoxy) is 2. The molecule has 0 saturated carbocycles. The molecule has 1 unspecified atom stereocenters. The van der Waals surface area contributed by atoms with Gasteiger partial charge in [-0.25, -0.2) is 8.78 Å². The van der Waals surface area contributed by atoms with Gasteiger partial charge >= 0.3 is 16.1 Å². The van der Waals surface area contributed by atoms with Gasteiger partial charge < -0.3 is 14.4 Å². The average Bonchev–Trinajstić information content (AvgIpc) is 1.73. The van der Waals surface area contributed by atoms with Crippen molar-refractivity contribution in [3.8, 4) is 5.75 Å². The van der Waals surface area contributed by atoms with Crippen molar-refractivity contribution in [1.29, 1.82) is 0 Å². The fourth-order valence-electron chi connectivity index (χ4n) is 10.5. The molecule has 450 valence electrons. The van der Waals surface area contributed by atoms with Gasteiger partial charge in [-0.05, 0) is 91.4 Å². The third-order valence-corrected chi connectivity index (χ3v) is 19.2. The number of fused-ring (bicyclic) bond motifs is 6. The Bertz CT molecular complexity index is 4390. The molecular weight excluding hydrogens is 1230 g/mol. The lowest BCUT2D eigenvalue weighted by Gasteiger charge is -2.27. The Balaban J connectivity index is 1.29. The van der Waals surface area contributed by atoms with Gasteiger partial charge in [0.1, 0.15) is 16.4 Å². The van der Waals surface area contributed by atoms with Crippen molar-refractivity contribution in [3.05, 3.63) is 119 Å². The number of allylic oxidation sites excluding steroid dienone is 6. The summed E-state index contributed by atoms with van der Waals surface area (Å²) in [6, 6.07) is 8.72. The zero-order chi connectivity index (χ0) is 62.0. The van der Waals surface area contributed by atoms with Crippen molar-refractivity contribution in [3.63, 3.8) is 0 Å². The number of carbonyl (C=O) groups is 1. The van der Waals surface area contributed by atoms with Gasteiger partial charge in [-0.1, -0.05) is 44.6 Å². The van der Waals surface area contributed by atoms with Crippen molar-refractivity contribution in [2.45, 2.75) is 94.6 Å². The molecule has 1 atom stereocenters. The first kappa shape index (κ1) is 64.5. The Morgan fingerprint density at radius 1 is 0.627 bits per heavy atom. The largest absolute Gasteiger partial charge is 0.420 e. The van der Waals surface area contributed by atoms with Crippen LogP contribution in [0.5, 0.6) is 5.75 Å². The van der Waals surface area contributed by atoms with Crippen LogP contribution in [-0.4, -0.2) is 127 Å². The minimum Gasteiger partial charge on any atom is -0.420 e. The summed E-state index contributed by atoms with van der Waals surface area (Å²) in [7, 11) is -29.5. The van der Waals surface area contributed by atoms with Crippen molar-refractivity contribution in [2.24, 2.45) is 0 Å². The highest BCUT2D eigenvalue weighted by Gasteiger charge is 2.49. The molecule has 33 heteroatoms. The molecule has 7 rings (SSSR count). The van der Waals surface area contributed by atoms with Crippen molar-refractivity contribution in [1.82, 2.24) is 0 Å². The third-order valence-electron chi connectivity index (χ3n) is 14.0. The standard InChI is InChI=1S/C50H50F4N2O21S6/c1-49(2)38(12-7-5-8-13-39-50(3,19-11-23-78(58,59)60)42-33-25-29(80(64,65)66)27-37(82(70,71)72)31(33)16-18-35(42)56(39)21-22-76-4)55(34-17-15-30-32(41(34)49)24-28(79(61,62)63)26-36(30)81(67,68)69)20-10-6-9-14-40(57)77-47-43(51)45(53)48(83(73,74)75)46(54)44(47)52/h5,7-8,12-13,15-18,24-27H,6,9-11,14,19-23H2,1-4H3,(H5-,58,59,60,61,62,63,64,65,66,67,68,69,70,71,72,73,74,75)/p+1. The maximum Gasteiger partial charge on any atom is 0.311 e. The fraction of sp³-hybridized carbons (Fsp3) is 0.320. The number of methoxy groups -OCH3 is 1. The van der Waals surface area contributed by atoms with E-state index < -0.39 is 143 Å². The van der Waals surface area contributed by atoms with Gasteiger partial charge in [0.05, 0.1) is 21.0 Å². The van der Waals surface area contributed by atoms with E-state index in [1.54, 1.807) is 54.6 Å². The molecule has 0 aliphatic carbocycles. The Labute approximate surface area is 473 Å². The van der Waals surface area contributed by atoms with Gasteiger partial charge in [-0.15, -0.1) is 0 Å². The SMILES string of the molecule is COCC[N+]1=C(/C=C/C=C/C=C2/N(CCCCCC(=O)Oc3c(F)c(F)c(S(=O)(=O)O)c(F)c3F)c3ccc4c(S(=O)(=O)O)cc(S(=O)(=O)O)cc4c3C2(C)C)C(C)(CCCS(=O)(=O)O)c2c1ccc1c(S(=O)(=O)O)cc(S(=O)(=O)O)cc21. The molecule has 2 aliphatic heterocycles. The molecule has 0 spiro atoms. The summed E-state index contributed by atoms with van der Waals surface area (Å²) >= 11 is 0. The zero-order valence-electron chi connectivity index (χ0n) is 43.7. The predicted molar refractivity (Wildman–Crippen MR) is 289 cm³/mol. The highest BCUT2D eigenvalue weighted by molar-refractivity contribution is 7.87. The van der Waals surface area contributed by atoms with Crippen molar-refractivity contribution < 1.29 is 114 Å². The number of anilines is 1. The maximum atomic E-state index is 14.6. The molecule has 5 aromatic rings. The first-order chi connectivity index (χ1) is 38.2. The Kier molecular flexibility index (Phi) is 17.9. The van der Waals surface area contributed by atoms with E-state index in [1.807, 2.05) is 0 Å². The molecule has 0 radical (unpaired) electrons. The zero-order valence-corrected chi connectivity index (χ0v) is 48.6. The van der Waals surface area contributed by atoms with Gasteiger partial charge in [0.15, 0.2) is 28.8 Å². The van der Waals surface area contributed by atoms with Crippen LogP contribution < -0.4 is 9.64 Å². The summed E-state index contributed by atoms with van der Waals surface area (Å²) in [4.78, 5) is 8.56. The summed E-state index contributed by atoms with van der Waals surface area (Å²) in [6.07, 6.45) is 7.08. The van der Waals surface area contributed by atoms with Gasteiger partial charge in [-0.3, -0.25) is 32.1 Å². The van der Waals surface area contributed by atoms with E-state index >= 15 is 0 Å². The van der Waals surface area contributed by atoms with Crippen molar-refractivity contribution >= 4 is 105 Å². The second-order valence-electron chi connectivity index (χ2n) is 19.9.